The highest BCUT2D eigenvalue weighted by atomic mass is 16.4. The molecule has 0 heterocycles. The zero-order valence-corrected chi connectivity index (χ0v) is 14.8. The van der Waals surface area contributed by atoms with Gasteiger partial charge in [-0.1, -0.05) is 56.9 Å². The van der Waals surface area contributed by atoms with Crippen molar-refractivity contribution in [2.45, 2.75) is 83.5 Å². The minimum atomic E-state index is -1.05. The lowest BCUT2D eigenvalue weighted by atomic mass is 9.94. The van der Waals surface area contributed by atoms with Crippen LogP contribution in [0, 0.1) is 17.8 Å². The minimum Gasteiger partial charge on any atom is -0.481 e. The van der Waals surface area contributed by atoms with Gasteiger partial charge in [0.2, 0.25) is 0 Å². The van der Waals surface area contributed by atoms with Crippen molar-refractivity contribution in [2.24, 2.45) is 5.92 Å². The van der Waals surface area contributed by atoms with Crippen LogP contribution in [0.4, 0.5) is 0 Å². The third-order valence-electron chi connectivity index (χ3n) is 4.12. The highest BCUT2D eigenvalue weighted by Gasteiger charge is 2.04. The van der Waals surface area contributed by atoms with Gasteiger partial charge in [-0.2, -0.15) is 0 Å². The van der Waals surface area contributed by atoms with Crippen LogP contribution in [-0.2, 0) is 9.59 Å². The molecule has 0 aromatic heterocycles. The van der Waals surface area contributed by atoms with E-state index in [-0.39, 0.29) is 0 Å². The molecule has 0 rings (SSSR count). The molecule has 4 nitrogen and oxygen atoms in total. The summed E-state index contributed by atoms with van der Waals surface area (Å²) in [5.74, 6) is 3.59. The van der Waals surface area contributed by atoms with Crippen molar-refractivity contribution in [2.75, 3.05) is 0 Å². The third kappa shape index (κ3) is 16.6. The molecule has 136 valence electrons. The zero-order valence-electron chi connectivity index (χ0n) is 14.8. The van der Waals surface area contributed by atoms with Gasteiger partial charge in [-0.3, -0.25) is 4.79 Å². The highest BCUT2D eigenvalue weighted by molar-refractivity contribution is 5.86. The maximum absolute atomic E-state index is 10.4. The van der Waals surface area contributed by atoms with Gasteiger partial charge < -0.3 is 10.2 Å². The number of unbranched alkanes of at least 4 members (excludes halogenated alkanes) is 8. The molecule has 1 unspecified atom stereocenters. The Kier molecular flexibility index (Phi) is 14.9. The number of carbonyl (C=O) groups is 2. The summed E-state index contributed by atoms with van der Waals surface area (Å²) in [6.45, 7) is 3.91. The summed E-state index contributed by atoms with van der Waals surface area (Å²) >= 11 is 0. The first-order valence-corrected chi connectivity index (χ1v) is 9.12. The van der Waals surface area contributed by atoms with Gasteiger partial charge in [-0.25, -0.2) is 4.79 Å². The van der Waals surface area contributed by atoms with E-state index in [2.05, 4.69) is 18.4 Å². The molecule has 0 saturated carbocycles. The van der Waals surface area contributed by atoms with Gasteiger partial charge in [-0.05, 0) is 31.6 Å². The average molecular weight is 336 g/mol. The van der Waals surface area contributed by atoms with E-state index in [4.69, 9.17) is 10.2 Å². The Labute approximate surface area is 146 Å². The normalized spacial score (nSPS) is 11.3. The van der Waals surface area contributed by atoms with Gasteiger partial charge in [-0.15, -0.1) is 6.58 Å². The molecule has 0 radical (unpaired) electrons. The number of hydrogen-bond donors (Lipinski definition) is 2. The van der Waals surface area contributed by atoms with Crippen molar-refractivity contribution >= 4 is 11.9 Å². The van der Waals surface area contributed by atoms with E-state index >= 15 is 0 Å². The van der Waals surface area contributed by atoms with Crippen LogP contribution < -0.4 is 0 Å². The number of aliphatic carboxylic acids is 2. The summed E-state index contributed by atoms with van der Waals surface area (Å²) in [7, 11) is 0. The second-order valence-electron chi connectivity index (χ2n) is 6.26. The molecule has 0 spiro atoms. The molecular formula is C20H32O4. The van der Waals surface area contributed by atoms with Crippen molar-refractivity contribution in [3.63, 3.8) is 0 Å². The quantitative estimate of drug-likeness (QED) is 0.250. The first kappa shape index (κ1) is 22.2. The maximum atomic E-state index is 10.4. The van der Waals surface area contributed by atoms with Crippen molar-refractivity contribution in [3.05, 3.63) is 12.7 Å². The Morgan fingerprint density at radius 2 is 1.42 bits per heavy atom. The van der Waals surface area contributed by atoms with E-state index in [0.717, 1.165) is 38.5 Å². The van der Waals surface area contributed by atoms with Crippen LogP contribution in [0.2, 0.25) is 0 Å². The fourth-order valence-corrected chi connectivity index (χ4v) is 2.70. The summed E-state index contributed by atoms with van der Waals surface area (Å²) in [6, 6.07) is 0. The van der Waals surface area contributed by atoms with Gasteiger partial charge in [0.05, 0.1) is 0 Å². The molecule has 0 saturated heterocycles. The van der Waals surface area contributed by atoms with Crippen LogP contribution in [0.3, 0.4) is 0 Å². The summed E-state index contributed by atoms with van der Waals surface area (Å²) in [6.07, 6.45) is 15.1. The van der Waals surface area contributed by atoms with E-state index in [1.165, 1.54) is 32.1 Å². The largest absolute Gasteiger partial charge is 0.481 e. The van der Waals surface area contributed by atoms with Crippen LogP contribution in [0.25, 0.3) is 0 Å². The third-order valence-corrected chi connectivity index (χ3v) is 4.12. The predicted molar refractivity (Wildman–Crippen MR) is 96.8 cm³/mol. The Morgan fingerprint density at radius 3 is 1.96 bits per heavy atom. The Bertz CT molecular complexity index is 417. The van der Waals surface area contributed by atoms with Crippen LogP contribution in [0.5, 0.6) is 0 Å². The van der Waals surface area contributed by atoms with Gasteiger partial charge in [0.1, 0.15) is 0 Å². The average Bonchev–Trinajstić information content (AvgIpc) is 2.53. The highest BCUT2D eigenvalue weighted by Crippen LogP contribution is 2.19. The Hall–Kier alpha value is -1.76. The predicted octanol–water partition coefficient (Wildman–Crippen LogP) is 5.03. The van der Waals surface area contributed by atoms with Crippen molar-refractivity contribution in [1.82, 2.24) is 0 Å². The number of allylic oxidation sites excluding steroid dienone is 1. The number of carboxylic acid groups (broad SMARTS) is 2. The van der Waals surface area contributed by atoms with Crippen LogP contribution in [0.1, 0.15) is 83.5 Å². The van der Waals surface area contributed by atoms with E-state index in [9.17, 15) is 9.59 Å². The smallest absolute Gasteiger partial charge is 0.381 e. The van der Waals surface area contributed by atoms with Crippen molar-refractivity contribution < 1.29 is 19.8 Å². The molecule has 0 aromatic carbocycles. The second-order valence-corrected chi connectivity index (χ2v) is 6.26. The van der Waals surface area contributed by atoms with Crippen LogP contribution in [-0.4, -0.2) is 22.2 Å². The van der Waals surface area contributed by atoms with Crippen LogP contribution in [0.15, 0.2) is 12.7 Å². The molecule has 0 aliphatic rings. The standard InChI is InChI=1S/C20H32O4/c1-2-18(15-11-8-9-13-17-20(23)24)14-10-6-4-3-5-7-12-16-19(21)22/h2,18H,1,3-12,14-16H2,(H,21,22)(H,23,24). The maximum Gasteiger partial charge on any atom is 0.381 e. The molecule has 24 heavy (non-hydrogen) atoms. The van der Waals surface area contributed by atoms with Crippen molar-refractivity contribution in [3.8, 4) is 11.8 Å². The fraction of sp³-hybridized carbons (Fsp3) is 0.700. The number of carboxylic acids is 2. The van der Waals surface area contributed by atoms with E-state index in [0.29, 0.717) is 18.8 Å². The molecular weight excluding hydrogens is 304 g/mol. The molecule has 0 amide bonds. The fourth-order valence-electron chi connectivity index (χ4n) is 2.70. The lowest BCUT2D eigenvalue weighted by molar-refractivity contribution is -0.137. The topological polar surface area (TPSA) is 74.6 Å². The minimum absolute atomic E-state index is 0.295. The number of rotatable bonds is 15. The molecule has 1 atom stereocenters. The molecule has 0 aliphatic carbocycles. The van der Waals surface area contributed by atoms with Gasteiger partial charge in [0, 0.05) is 18.8 Å². The Balaban J connectivity index is 3.46. The summed E-state index contributed by atoms with van der Waals surface area (Å²) < 4.78 is 0. The summed E-state index contributed by atoms with van der Waals surface area (Å²) in [5, 5.41) is 17.0. The first-order valence-electron chi connectivity index (χ1n) is 9.12. The van der Waals surface area contributed by atoms with Crippen LogP contribution >= 0.6 is 0 Å². The lowest BCUT2D eigenvalue weighted by Gasteiger charge is -2.11. The van der Waals surface area contributed by atoms with Gasteiger partial charge in [0.15, 0.2) is 0 Å². The Morgan fingerprint density at radius 1 is 0.875 bits per heavy atom. The SMILES string of the molecule is C=CC(CCCCC#CC(=O)O)CCCCCCCCCC(=O)O. The van der Waals surface area contributed by atoms with E-state index in [1.807, 2.05) is 6.08 Å². The summed E-state index contributed by atoms with van der Waals surface area (Å²) in [4.78, 5) is 20.6. The second kappa shape index (κ2) is 16.1. The molecule has 0 bridgehead atoms. The van der Waals surface area contributed by atoms with E-state index in [1.54, 1.807) is 0 Å². The van der Waals surface area contributed by atoms with E-state index < -0.39 is 11.9 Å². The molecule has 2 N–H and O–H groups in total. The lowest BCUT2D eigenvalue weighted by Crippen LogP contribution is -1.97. The zero-order chi connectivity index (χ0) is 18.0. The molecule has 0 fully saturated rings. The summed E-state index contributed by atoms with van der Waals surface area (Å²) in [5.41, 5.74) is 0. The molecule has 0 aromatic rings. The first-order chi connectivity index (χ1) is 11.6. The van der Waals surface area contributed by atoms with Gasteiger partial charge in [0.25, 0.3) is 0 Å². The molecule has 0 aliphatic heterocycles. The molecule has 4 heteroatoms. The number of hydrogen-bond acceptors (Lipinski definition) is 2. The monoisotopic (exact) mass is 336 g/mol. The van der Waals surface area contributed by atoms with Crippen molar-refractivity contribution in [1.29, 1.82) is 0 Å². The van der Waals surface area contributed by atoms with Gasteiger partial charge >= 0.3 is 11.9 Å².